The molecular weight excluding hydrogens is 260 g/mol. The Balaban J connectivity index is 1.70. The molecule has 1 spiro atoms. The number of aryl methyl sites for hydroxylation is 2. The van der Waals surface area contributed by atoms with E-state index in [9.17, 15) is 4.79 Å². The Hall–Kier alpha value is -1.35. The van der Waals surface area contributed by atoms with E-state index < -0.39 is 0 Å². The third-order valence-electron chi connectivity index (χ3n) is 5.47. The minimum Gasteiger partial charge on any atom is -0.339 e. The van der Waals surface area contributed by atoms with Crippen molar-refractivity contribution in [1.82, 2.24) is 10.2 Å². The van der Waals surface area contributed by atoms with Crippen LogP contribution in [-0.2, 0) is 0 Å². The molecule has 3 rings (SSSR count). The Bertz CT molecular complexity index is 502. The number of benzene rings is 1. The Kier molecular flexibility index (Phi) is 4.03. The average molecular weight is 286 g/mol. The molecule has 2 saturated heterocycles. The zero-order valence-electron chi connectivity index (χ0n) is 13.2. The van der Waals surface area contributed by atoms with Gasteiger partial charge in [-0.25, -0.2) is 0 Å². The summed E-state index contributed by atoms with van der Waals surface area (Å²) in [5.74, 6) is 0.231. The summed E-state index contributed by atoms with van der Waals surface area (Å²) in [6.07, 6.45) is 4.90. The Morgan fingerprint density at radius 1 is 1.05 bits per heavy atom. The highest BCUT2D eigenvalue weighted by atomic mass is 16.2. The summed E-state index contributed by atoms with van der Waals surface area (Å²) < 4.78 is 0. The number of amides is 1. The lowest BCUT2D eigenvalue weighted by Gasteiger charge is -2.44. The number of rotatable bonds is 1. The van der Waals surface area contributed by atoms with Gasteiger partial charge in [-0.1, -0.05) is 18.2 Å². The number of nitrogens with zero attached hydrogens (tertiary/aromatic N) is 1. The molecule has 2 aliphatic heterocycles. The minimum atomic E-state index is 0.231. The summed E-state index contributed by atoms with van der Waals surface area (Å²) in [7, 11) is 0. The van der Waals surface area contributed by atoms with E-state index in [0.717, 1.165) is 42.9 Å². The van der Waals surface area contributed by atoms with Crippen molar-refractivity contribution < 1.29 is 4.79 Å². The van der Waals surface area contributed by atoms with Gasteiger partial charge in [-0.2, -0.15) is 0 Å². The summed E-state index contributed by atoms with van der Waals surface area (Å²) >= 11 is 0. The van der Waals surface area contributed by atoms with E-state index in [-0.39, 0.29) is 5.91 Å². The van der Waals surface area contributed by atoms with Gasteiger partial charge in [0, 0.05) is 18.7 Å². The molecule has 0 bridgehead atoms. The third kappa shape index (κ3) is 2.84. The smallest absolute Gasteiger partial charge is 0.254 e. The Morgan fingerprint density at radius 3 is 2.19 bits per heavy atom. The van der Waals surface area contributed by atoms with E-state index in [4.69, 9.17) is 0 Å². The number of hydrogen-bond acceptors (Lipinski definition) is 2. The summed E-state index contributed by atoms with van der Waals surface area (Å²) in [5.41, 5.74) is 3.62. The first kappa shape index (κ1) is 14.6. The standard InChI is InChI=1S/C18H26N2O/c1-14-4-3-5-15(2)16(14)17(21)20-12-8-18(9-13-20)6-10-19-11-7-18/h3-5,19H,6-13H2,1-2H3. The number of nitrogens with one attached hydrogen (secondary N) is 1. The fourth-order valence-electron chi connectivity index (χ4n) is 3.95. The van der Waals surface area contributed by atoms with Gasteiger partial charge in [-0.05, 0) is 69.2 Å². The summed E-state index contributed by atoms with van der Waals surface area (Å²) in [5, 5.41) is 3.45. The molecule has 0 aromatic heterocycles. The van der Waals surface area contributed by atoms with E-state index in [1.807, 2.05) is 32.0 Å². The van der Waals surface area contributed by atoms with Crippen molar-refractivity contribution in [3.8, 4) is 0 Å². The van der Waals surface area contributed by atoms with Gasteiger partial charge in [0.1, 0.15) is 0 Å². The average Bonchev–Trinajstić information content (AvgIpc) is 2.48. The quantitative estimate of drug-likeness (QED) is 0.861. The molecule has 21 heavy (non-hydrogen) atoms. The van der Waals surface area contributed by atoms with Gasteiger partial charge in [0.2, 0.25) is 0 Å². The summed E-state index contributed by atoms with van der Waals surface area (Å²) in [6, 6.07) is 6.11. The molecule has 0 unspecified atom stereocenters. The van der Waals surface area contributed by atoms with E-state index >= 15 is 0 Å². The van der Waals surface area contributed by atoms with Crippen LogP contribution >= 0.6 is 0 Å². The van der Waals surface area contributed by atoms with Crippen molar-refractivity contribution in [3.63, 3.8) is 0 Å². The molecule has 114 valence electrons. The second-order valence-corrected chi connectivity index (χ2v) is 6.81. The van der Waals surface area contributed by atoms with Crippen LogP contribution in [0.1, 0.15) is 47.2 Å². The SMILES string of the molecule is Cc1cccc(C)c1C(=O)N1CCC2(CCNCC2)CC1. The van der Waals surface area contributed by atoms with Crippen LogP contribution in [0.4, 0.5) is 0 Å². The van der Waals surface area contributed by atoms with Crippen molar-refractivity contribution >= 4 is 5.91 Å². The molecule has 0 radical (unpaired) electrons. The predicted octanol–water partition coefficient (Wildman–Crippen LogP) is 2.91. The topological polar surface area (TPSA) is 32.3 Å². The number of carbonyl (C=O) groups excluding carboxylic acids is 1. The van der Waals surface area contributed by atoms with Gasteiger partial charge in [0.15, 0.2) is 0 Å². The van der Waals surface area contributed by atoms with Gasteiger partial charge >= 0.3 is 0 Å². The van der Waals surface area contributed by atoms with E-state index in [0.29, 0.717) is 5.41 Å². The molecule has 1 N–H and O–H groups in total. The van der Waals surface area contributed by atoms with Crippen LogP contribution in [0, 0.1) is 19.3 Å². The van der Waals surface area contributed by atoms with E-state index in [2.05, 4.69) is 10.2 Å². The van der Waals surface area contributed by atoms with Crippen LogP contribution in [0.15, 0.2) is 18.2 Å². The Morgan fingerprint density at radius 2 is 1.62 bits per heavy atom. The van der Waals surface area contributed by atoms with Gasteiger partial charge < -0.3 is 10.2 Å². The molecule has 2 fully saturated rings. The lowest BCUT2D eigenvalue weighted by molar-refractivity contribution is 0.0494. The van der Waals surface area contributed by atoms with Crippen molar-refractivity contribution in [1.29, 1.82) is 0 Å². The molecule has 1 aromatic rings. The molecule has 0 saturated carbocycles. The fraction of sp³-hybridized carbons (Fsp3) is 0.611. The predicted molar refractivity (Wildman–Crippen MR) is 85.6 cm³/mol. The highest BCUT2D eigenvalue weighted by molar-refractivity contribution is 5.97. The number of carbonyl (C=O) groups is 1. The first-order chi connectivity index (χ1) is 10.1. The lowest BCUT2D eigenvalue weighted by Crippen LogP contribution is -2.47. The lowest BCUT2D eigenvalue weighted by atomic mass is 9.71. The monoisotopic (exact) mass is 286 g/mol. The van der Waals surface area contributed by atoms with Crippen LogP contribution in [0.3, 0.4) is 0 Å². The zero-order chi connectivity index (χ0) is 14.9. The normalized spacial score (nSPS) is 21.5. The van der Waals surface area contributed by atoms with Crippen LogP contribution in [0.25, 0.3) is 0 Å². The number of hydrogen-bond donors (Lipinski definition) is 1. The van der Waals surface area contributed by atoms with Crippen LogP contribution in [0.2, 0.25) is 0 Å². The van der Waals surface area contributed by atoms with E-state index in [1.54, 1.807) is 0 Å². The second kappa shape index (κ2) is 5.80. The maximum atomic E-state index is 12.8. The molecule has 3 heteroatoms. The first-order valence-electron chi connectivity index (χ1n) is 8.18. The maximum absolute atomic E-state index is 12.8. The van der Waals surface area contributed by atoms with Crippen molar-refractivity contribution in [2.75, 3.05) is 26.2 Å². The van der Waals surface area contributed by atoms with Gasteiger partial charge in [0.25, 0.3) is 5.91 Å². The largest absolute Gasteiger partial charge is 0.339 e. The van der Waals surface area contributed by atoms with Gasteiger partial charge in [-0.15, -0.1) is 0 Å². The van der Waals surface area contributed by atoms with E-state index in [1.165, 1.54) is 25.7 Å². The molecule has 0 aliphatic carbocycles. The molecular formula is C18H26N2O. The van der Waals surface area contributed by atoms with Gasteiger partial charge in [0.05, 0.1) is 0 Å². The van der Waals surface area contributed by atoms with Gasteiger partial charge in [-0.3, -0.25) is 4.79 Å². The number of likely N-dealkylation sites (tertiary alicyclic amines) is 1. The van der Waals surface area contributed by atoms with Crippen molar-refractivity contribution in [2.45, 2.75) is 39.5 Å². The molecule has 2 aliphatic rings. The first-order valence-corrected chi connectivity index (χ1v) is 8.18. The highest BCUT2D eigenvalue weighted by Crippen LogP contribution is 2.39. The maximum Gasteiger partial charge on any atom is 0.254 e. The van der Waals surface area contributed by atoms with Crippen LogP contribution in [0.5, 0.6) is 0 Å². The molecule has 1 amide bonds. The Labute approximate surface area is 127 Å². The van der Waals surface area contributed by atoms with Crippen LogP contribution in [-0.4, -0.2) is 37.0 Å². The molecule has 2 heterocycles. The third-order valence-corrected chi connectivity index (χ3v) is 5.47. The highest BCUT2D eigenvalue weighted by Gasteiger charge is 2.37. The minimum absolute atomic E-state index is 0.231. The second-order valence-electron chi connectivity index (χ2n) is 6.81. The number of piperidine rings is 2. The zero-order valence-corrected chi connectivity index (χ0v) is 13.2. The molecule has 1 aromatic carbocycles. The molecule has 3 nitrogen and oxygen atoms in total. The van der Waals surface area contributed by atoms with Crippen molar-refractivity contribution in [2.24, 2.45) is 5.41 Å². The fourth-order valence-corrected chi connectivity index (χ4v) is 3.95. The molecule has 0 atom stereocenters. The summed E-state index contributed by atoms with van der Waals surface area (Å²) in [6.45, 7) is 8.21. The summed E-state index contributed by atoms with van der Waals surface area (Å²) in [4.78, 5) is 14.9. The van der Waals surface area contributed by atoms with Crippen LogP contribution < -0.4 is 5.32 Å². The van der Waals surface area contributed by atoms with Crippen molar-refractivity contribution in [3.05, 3.63) is 34.9 Å².